The van der Waals surface area contributed by atoms with Crippen molar-refractivity contribution in [3.63, 3.8) is 0 Å². The van der Waals surface area contributed by atoms with Gasteiger partial charge >= 0.3 is 15.6 Å². The summed E-state index contributed by atoms with van der Waals surface area (Å²) in [6.45, 7) is 1.70. The predicted octanol–water partition coefficient (Wildman–Crippen LogP) is 1.40. The minimum atomic E-state index is -5.59. The molecule has 14 heavy (non-hydrogen) atoms. The molecule has 0 bridgehead atoms. The van der Waals surface area contributed by atoms with E-state index >= 15 is 0 Å². The van der Waals surface area contributed by atoms with Crippen LogP contribution in [0.5, 0.6) is 0 Å². The average Bonchev–Trinajstić information content (AvgIpc) is 1.99. The molecule has 0 aromatic heterocycles. The van der Waals surface area contributed by atoms with Crippen LogP contribution in [0.2, 0.25) is 0 Å². The topological polar surface area (TPSA) is 67.2 Å². The monoisotopic (exact) mass is 231 g/mol. The lowest BCUT2D eigenvalue weighted by Gasteiger charge is -2.15. The van der Waals surface area contributed by atoms with Crippen LogP contribution in [-0.2, 0) is 14.3 Å². The van der Waals surface area contributed by atoms with E-state index in [1.807, 2.05) is 0 Å². The Hall–Kier alpha value is -0.810. The lowest BCUT2D eigenvalue weighted by Crippen LogP contribution is -2.29. The number of alkyl halides is 3. The second kappa shape index (κ2) is 3.74. The van der Waals surface area contributed by atoms with Crippen LogP contribution in [0.25, 0.3) is 0 Å². The quantitative estimate of drug-likeness (QED) is 0.544. The van der Waals surface area contributed by atoms with Gasteiger partial charge in [-0.15, -0.1) is 0 Å². The van der Waals surface area contributed by atoms with E-state index < -0.39 is 27.6 Å². The zero-order valence-electron chi connectivity index (χ0n) is 7.42. The Morgan fingerprint density at radius 2 is 1.79 bits per heavy atom. The third kappa shape index (κ3) is 3.51. The molecule has 0 amide bonds. The van der Waals surface area contributed by atoms with Crippen molar-refractivity contribution >= 4 is 10.1 Å². The van der Waals surface area contributed by atoms with Crippen LogP contribution in [0.4, 0.5) is 13.2 Å². The average molecular weight is 231 g/mol. The van der Waals surface area contributed by atoms with Gasteiger partial charge < -0.3 is 0 Å². The summed E-state index contributed by atoms with van der Waals surface area (Å²) in [5.41, 5.74) is -6.73. The molecular weight excluding hydrogens is 223 g/mol. The number of hydrogen-bond donors (Lipinski definition) is 0. The zero-order valence-corrected chi connectivity index (χ0v) is 8.24. The molecule has 0 N–H and O–H groups in total. The van der Waals surface area contributed by atoms with Crippen LogP contribution in [-0.4, -0.2) is 20.5 Å². The van der Waals surface area contributed by atoms with Gasteiger partial charge in [-0.05, 0) is 13.8 Å². The van der Waals surface area contributed by atoms with Crippen LogP contribution in [0.15, 0.2) is 0 Å². The summed E-state index contributed by atoms with van der Waals surface area (Å²) in [5, 5.41) is 8.39. The van der Waals surface area contributed by atoms with E-state index in [0.717, 1.165) is 0 Å². The Balaban J connectivity index is 4.53. The van der Waals surface area contributed by atoms with Crippen molar-refractivity contribution in [2.75, 3.05) is 6.61 Å². The summed E-state index contributed by atoms with van der Waals surface area (Å²) in [5.74, 6) is 0. The molecule has 0 saturated carbocycles. The Morgan fingerprint density at radius 3 is 2.07 bits per heavy atom. The van der Waals surface area contributed by atoms with Gasteiger partial charge in [0.15, 0.2) is 0 Å². The van der Waals surface area contributed by atoms with Gasteiger partial charge in [-0.2, -0.15) is 26.9 Å². The summed E-state index contributed by atoms with van der Waals surface area (Å²) < 4.78 is 59.5. The van der Waals surface area contributed by atoms with E-state index in [4.69, 9.17) is 5.26 Å². The maximum Gasteiger partial charge on any atom is 0.523 e. The fraction of sp³-hybridized carbons (Fsp3) is 0.833. The molecule has 8 heteroatoms. The van der Waals surface area contributed by atoms with Gasteiger partial charge in [0.2, 0.25) is 0 Å². The van der Waals surface area contributed by atoms with E-state index in [1.165, 1.54) is 13.8 Å². The molecule has 0 rings (SSSR count). The maximum atomic E-state index is 11.7. The fourth-order valence-corrected chi connectivity index (χ4v) is 0.907. The van der Waals surface area contributed by atoms with Crippen LogP contribution in [0.3, 0.4) is 0 Å². The summed E-state index contributed by atoms with van der Waals surface area (Å²) in [7, 11) is -5.59. The second-order valence-electron chi connectivity index (χ2n) is 3.16. The lowest BCUT2D eigenvalue weighted by molar-refractivity contribution is -0.0554. The first-order chi connectivity index (χ1) is 6.02. The van der Waals surface area contributed by atoms with Gasteiger partial charge in [-0.3, -0.25) is 4.18 Å². The molecule has 82 valence electrons. The number of rotatable bonds is 3. The van der Waals surface area contributed by atoms with Crippen molar-refractivity contribution in [2.24, 2.45) is 5.41 Å². The minimum Gasteiger partial charge on any atom is -0.262 e. The van der Waals surface area contributed by atoms with Gasteiger partial charge in [-0.1, -0.05) is 0 Å². The molecule has 0 heterocycles. The molecule has 4 nitrogen and oxygen atoms in total. The normalized spacial score (nSPS) is 13.7. The van der Waals surface area contributed by atoms with Crippen LogP contribution >= 0.6 is 0 Å². The standard InChI is InChI=1S/C6H8F3NO3S/c1-5(2,3-10)4-13-14(11,12)6(7,8)9/h4H2,1-2H3. The molecule has 0 fully saturated rings. The van der Waals surface area contributed by atoms with Crippen molar-refractivity contribution < 1.29 is 25.8 Å². The SMILES string of the molecule is CC(C)(C#N)COS(=O)(=O)C(F)(F)F. The molecule has 0 aliphatic heterocycles. The van der Waals surface area contributed by atoms with Crippen LogP contribution in [0.1, 0.15) is 13.8 Å². The summed E-state index contributed by atoms with van der Waals surface area (Å²) >= 11 is 0. The third-order valence-electron chi connectivity index (χ3n) is 1.16. The zero-order chi connectivity index (χ0) is 11.6. The van der Waals surface area contributed by atoms with E-state index in [9.17, 15) is 21.6 Å². The van der Waals surface area contributed by atoms with Crippen molar-refractivity contribution in [3.8, 4) is 6.07 Å². The third-order valence-corrected chi connectivity index (χ3v) is 2.16. The molecular formula is C6H8F3NO3S. The van der Waals surface area contributed by atoms with E-state index in [0.29, 0.717) is 0 Å². The summed E-state index contributed by atoms with van der Waals surface area (Å²) in [6.07, 6.45) is 0. The highest BCUT2D eigenvalue weighted by atomic mass is 32.2. The van der Waals surface area contributed by atoms with E-state index in [1.54, 1.807) is 6.07 Å². The molecule has 0 unspecified atom stereocenters. The number of halogens is 3. The number of hydrogen-bond acceptors (Lipinski definition) is 4. The molecule has 0 aliphatic rings. The van der Waals surface area contributed by atoms with Crippen LogP contribution in [0, 0.1) is 16.7 Å². The first-order valence-electron chi connectivity index (χ1n) is 3.39. The van der Waals surface area contributed by atoms with Gasteiger partial charge in [0.05, 0.1) is 18.1 Å². The Kier molecular flexibility index (Phi) is 3.53. The molecule has 0 spiro atoms. The van der Waals surface area contributed by atoms with E-state index in [-0.39, 0.29) is 0 Å². The Bertz CT molecular complexity index is 338. The summed E-state index contributed by atoms with van der Waals surface area (Å²) in [4.78, 5) is 0. The van der Waals surface area contributed by atoms with Crippen molar-refractivity contribution in [3.05, 3.63) is 0 Å². The number of nitrogens with zero attached hydrogens (tertiary/aromatic N) is 1. The minimum absolute atomic E-state index is 0.828. The van der Waals surface area contributed by atoms with Crippen LogP contribution < -0.4 is 0 Å². The molecule has 0 aliphatic carbocycles. The first kappa shape index (κ1) is 13.2. The Morgan fingerprint density at radius 1 is 1.36 bits per heavy atom. The molecule has 0 atom stereocenters. The van der Waals surface area contributed by atoms with Crippen molar-refractivity contribution in [1.29, 1.82) is 5.26 Å². The highest BCUT2D eigenvalue weighted by molar-refractivity contribution is 7.87. The van der Waals surface area contributed by atoms with Gasteiger partial charge in [0, 0.05) is 0 Å². The van der Waals surface area contributed by atoms with Gasteiger partial charge in [0.1, 0.15) is 0 Å². The van der Waals surface area contributed by atoms with Gasteiger partial charge in [-0.25, -0.2) is 0 Å². The molecule has 0 aromatic carbocycles. The fourth-order valence-electron chi connectivity index (χ4n) is 0.324. The highest BCUT2D eigenvalue weighted by Crippen LogP contribution is 2.26. The molecule has 0 saturated heterocycles. The maximum absolute atomic E-state index is 11.7. The largest absolute Gasteiger partial charge is 0.523 e. The Labute approximate surface area is 79.4 Å². The van der Waals surface area contributed by atoms with E-state index in [2.05, 4.69) is 4.18 Å². The first-order valence-corrected chi connectivity index (χ1v) is 4.80. The van der Waals surface area contributed by atoms with Gasteiger partial charge in [0.25, 0.3) is 0 Å². The predicted molar refractivity (Wildman–Crippen MR) is 40.3 cm³/mol. The molecule has 0 radical (unpaired) electrons. The molecule has 0 aromatic rings. The van der Waals surface area contributed by atoms with Crippen molar-refractivity contribution in [1.82, 2.24) is 0 Å². The highest BCUT2D eigenvalue weighted by Gasteiger charge is 2.47. The van der Waals surface area contributed by atoms with Crippen molar-refractivity contribution in [2.45, 2.75) is 19.4 Å². The smallest absolute Gasteiger partial charge is 0.262 e. The lowest BCUT2D eigenvalue weighted by atomic mass is 9.98. The second-order valence-corrected chi connectivity index (χ2v) is 4.76. The number of nitriles is 1. The summed E-state index contributed by atoms with van der Waals surface area (Å²) in [6, 6.07) is 1.61.